The molecule has 1 aromatic heterocycles. The van der Waals surface area contributed by atoms with Gasteiger partial charge in [-0.3, -0.25) is 4.90 Å². The number of nitrogens with one attached hydrogen (secondary N) is 2. The van der Waals surface area contributed by atoms with Crippen LogP contribution >= 0.6 is 24.0 Å². The van der Waals surface area contributed by atoms with E-state index >= 15 is 0 Å². The van der Waals surface area contributed by atoms with Crippen LogP contribution in [0.4, 0.5) is 10.2 Å². The zero-order valence-corrected chi connectivity index (χ0v) is 21.7. The van der Waals surface area contributed by atoms with Gasteiger partial charge in [0.25, 0.3) is 0 Å². The number of halogens is 2. The fourth-order valence-corrected chi connectivity index (χ4v) is 3.91. The molecule has 8 heteroatoms. The molecule has 1 atom stereocenters. The summed E-state index contributed by atoms with van der Waals surface area (Å²) in [7, 11) is 0. The Morgan fingerprint density at radius 2 is 1.91 bits per heavy atom. The standard InChI is InChI=1S/C24H35FN6.HI/c1-4-26-24(28-16-19-10-7-8-11-20(19)17-30(5-2)6-3)29-21-13-15-31(18-21)23-22(25)12-9-14-27-23;/h7-12,14,21H,4-6,13,15-18H2,1-3H3,(H2,26,28,29);1H. The fraction of sp³-hybridized carbons (Fsp3) is 0.500. The summed E-state index contributed by atoms with van der Waals surface area (Å²) in [5.74, 6) is 0.959. The number of rotatable bonds is 9. The number of guanidine groups is 1. The highest BCUT2D eigenvalue weighted by atomic mass is 127. The largest absolute Gasteiger partial charge is 0.357 e. The Morgan fingerprint density at radius 3 is 2.59 bits per heavy atom. The number of anilines is 1. The summed E-state index contributed by atoms with van der Waals surface area (Å²) in [5, 5.41) is 6.87. The molecule has 2 N–H and O–H groups in total. The first-order valence-corrected chi connectivity index (χ1v) is 11.3. The predicted molar refractivity (Wildman–Crippen MR) is 141 cm³/mol. The van der Waals surface area contributed by atoms with E-state index in [0.29, 0.717) is 18.9 Å². The van der Waals surface area contributed by atoms with Crippen LogP contribution in [0.5, 0.6) is 0 Å². The molecule has 0 saturated carbocycles. The van der Waals surface area contributed by atoms with Crippen molar-refractivity contribution in [3.05, 3.63) is 59.5 Å². The summed E-state index contributed by atoms with van der Waals surface area (Å²) in [5.41, 5.74) is 2.57. The van der Waals surface area contributed by atoms with Gasteiger partial charge in [-0.1, -0.05) is 38.1 Å². The third-order valence-electron chi connectivity index (χ3n) is 5.73. The Kier molecular flexibility index (Phi) is 11.2. The quantitative estimate of drug-likeness (QED) is 0.279. The van der Waals surface area contributed by atoms with E-state index < -0.39 is 0 Å². The van der Waals surface area contributed by atoms with E-state index in [-0.39, 0.29) is 35.8 Å². The first kappa shape index (κ1) is 26.3. The third kappa shape index (κ3) is 7.30. The molecule has 1 saturated heterocycles. The van der Waals surface area contributed by atoms with Crippen molar-refractivity contribution in [2.24, 2.45) is 4.99 Å². The van der Waals surface area contributed by atoms with Gasteiger partial charge in [0.05, 0.1) is 6.54 Å². The summed E-state index contributed by atoms with van der Waals surface area (Å²) in [6, 6.07) is 11.8. The van der Waals surface area contributed by atoms with Gasteiger partial charge in [-0.15, -0.1) is 24.0 Å². The molecule has 32 heavy (non-hydrogen) atoms. The Balaban J connectivity index is 0.00000363. The highest BCUT2D eigenvalue weighted by molar-refractivity contribution is 14.0. The Hall–Kier alpha value is -1.94. The molecule has 1 aliphatic heterocycles. The minimum absolute atomic E-state index is 0. The molecule has 176 valence electrons. The SMILES string of the molecule is CCNC(=NCc1ccccc1CN(CC)CC)NC1CCN(c2ncccc2F)C1.I. The van der Waals surface area contributed by atoms with Crippen LogP contribution in [-0.2, 0) is 13.1 Å². The van der Waals surface area contributed by atoms with E-state index in [2.05, 4.69) is 65.6 Å². The lowest BCUT2D eigenvalue weighted by atomic mass is 10.1. The van der Waals surface area contributed by atoms with Crippen LogP contribution < -0.4 is 15.5 Å². The van der Waals surface area contributed by atoms with Crippen LogP contribution in [0.3, 0.4) is 0 Å². The Morgan fingerprint density at radius 1 is 1.16 bits per heavy atom. The summed E-state index contributed by atoms with van der Waals surface area (Å²) in [4.78, 5) is 13.5. The van der Waals surface area contributed by atoms with Crippen molar-refractivity contribution in [2.45, 2.75) is 46.3 Å². The number of nitrogens with zero attached hydrogens (tertiary/aromatic N) is 4. The molecule has 6 nitrogen and oxygen atoms in total. The highest BCUT2D eigenvalue weighted by Gasteiger charge is 2.26. The average Bonchev–Trinajstić information content (AvgIpc) is 3.25. The second kappa shape index (κ2) is 13.6. The maximum Gasteiger partial charge on any atom is 0.191 e. The highest BCUT2D eigenvalue weighted by Crippen LogP contribution is 2.21. The van der Waals surface area contributed by atoms with E-state index in [9.17, 15) is 4.39 Å². The van der Waals surface area contributed by atoms with E-state index in [0.717, 1.165) is 45.1 Å². The number of aromatic nitrogens is 1. The van der Waals surface area contributed by atoms with Gasteiger partial charge >= 0.3 is 0 Å². The van der Waals surface area contributed by atoms with E-state index in [1.54, 1.807) is 12.3 Å². The predicted octanol–water partition coefficient (Wildman–Crippen LogP) is 4.01. The minimum atomic E-state index is -0.270. The molecule has 2 heterocycles. The molecule has 2 aromatic rings. The van der Waals surface area contributed by atoms with Crippen LogP contribution in [0.2, 0.25) is 0 Å². The van der Waals surface area contributed by atoms with Crippen LogP contribution in [0.1, 0.15) is 38.3 Å². The summed E-state index contributed by atoms with van der Waals surface area (Å²) in [6.07, 6.45) is 2.55. The van der Waals surface area contributed by atoms with E-state index in [4.69, 9.17) is 4.99 Å². The van der Waals surface area contributed by atoms with Gasteiger partial charge in [-0.05, 0) is 49.7 Å². The number of hydrogen-bond acceptors (Lipinski definition) is 4. The number of hydrogen-bond donors (Lipinski definition) is 2. The molecule has 0 amide bonds. The van der Waals surface area contributed by atoms with Crippen molar-refractivity contribution in [1.29, 1.82) is 0 Å². The maximum absolute atomic E-state index is 14.1. The second-order valence-corrected chi connectivity index (χ2v) is 7.81. The monoisotopic (exact) mass is 554 g/mol. The van der Waals surface area contributed by atoms with Gasteiger partial charge in [0.2, 0.25) is 0 Å². The second-order valence-electron chi connectivity index (χ2n) is 7.81. The first-order chi connectivity index (χ1) is 15.1. The molecule has 3 rings (SSSR count). The number of pyridine rings is 1. The topological polar surface area (TPSA) is 55.8 Å². The molecule has 1 aromatic carbocycles. The molecule has 1 unspecified atom stereocenters. The smallest absolute Gasteiger partial charge is 0.191 e. The number of benzene rings is 1. The molecule has 1 fully saturated rings. The molecular formula is C24H36FIN6. The zero-order valence-electron chi connectivity index (χ0n) is 19.4. The summed E-state index contributed by atoms with van der Waals surface area (Å²) in [6.45, 7) is 12.4. The Labute approximate surface area is 208 Å². The average molecular weight is 554 g/mol. The van der Waals surface area contributed by atoms with Crippen molar-refractivity contribution in [2.75, 3.05) is 37.6 Å². The third-order valence-corrected chi connectivity index (χ3v) is 5.73. The normalized spacial score (nSPS) is 16.2. The molecule has 1 aliphatic rings. The summed E-state index contributed by atoms with van der Waals surface area (Å²) >= 11 is 0. The van der Waals surface area contributed by atoms with Crippen molar-refractivity contribution in [3.63, 3.8) is 0 Å². The van der Waals surface area contributed by atoms with E-state index in [1.807, 2.05) is 4.90 Å². The first-order valence-electron chi connectivity index (χ1n) is 11.3. The van der Waals surface area contributed by atoms with Gasteiger partial charge in [0.1, 0.15) is 0 Å². The van der Waals surface area contributed by atoms with Gasteiger partial charge in [0, 0.05) is 38.4 Å². The summed E-state index contributed by atoms with van der Waals surface area (Å²) < 4.78 is 14.1. The van der Waals surface area contributed by atoms with Crippen LogP contribution in [-0.4, -0.2) is 54.6 Å². The minimum Gasteiger partial charge on any atom is -0.357 e. The lowest BCUT2D eigenvalue weighted by Crippen LogP contribution is -2.44. The molecular weight excluding hydrogens is 518 g/mol. The van der Waals surface area contributed by atoms with Crippen LogP contribution in [0.25, 0.3) is 0 Å². The van der Waals surface area contributed by atoms with Crippen molar-refractivity contribution in [1.82, 2.24) is 20.5 Å². The Bertz CT molecular complexity index is 858. The molecule has 0 radical (unpaired) electrons. The van der Waals surface area contributed by atoms with Crippen molar-refractivity contribution in [3.8, 4) is 0 Å². The van der Waals surface area contributed by atoms with Gasteiger partial charge < -0.3 is 15.5 Å². The van der Waals surface area contributed by atoms with Crippen molar-refractivity contribution < 1.29 is 4.39 Å². The van der Waals surface area contributed by atoms with Gasteiger partial charge in [-0.25, -0.2) is 14.4 Å². The van der Waals surface area contributed by atoms with E-state index in [1.165, 1.54) is 17.2 Å². The lowest BCUT2D eigenvalue weighted by molar-refractivity contribution is 0.295. The van der Waals surface area contributed by atoms with Crippen molar-refractivity contribution >= 4 is 35.8 Å². The zero-order chi connectivity index (χ0) is 22.1. The number of aliphatic imine (C=N–C) groups is 1. The molecule has 0 spiro atoms. The molecule has 0 bridgehead atoms. The molecule has 0 aliphatic carbocycles. The van der Waals surface area contributed by atoms with Gasteiger partial charge in [-0.2, -0.15) is 0 Å². The van der Waals surface area contributed by atoms with Crippen LogP contribution in [0, 0.1) is 5.82 Å². The fourth-order valence-electron chi connectivity index (χ4n) is 3.91. The van der Waals surface area contributed by atoms with Crippen LogP contribution in [0.15, 0.2) is 47.6 Å². The van der Waals surface area contributed by atoms with Gasteiger partial charge in [0.15, 0.2) is 17.6 Å². The maximum atomic E-state index is 14.1. The lowest BCUT2D eigenvalue weighted by Gasteiger charge is -2.21.